The van der Waals surface area contributed by atoms with E-state index in [9.17, 15) is 8.42 Å². The summed E-state index contributed by atoms with van der Waals surface area (Å²) in [5.41, 5.74) is 0. The Bertz CT molecular complexity index is 273. The Kier molecular flexibility index (Phi) is 5.36. The Labute approximate surface area is 97.8 Å². The molecule has 0 unspecified atom stereocenters. The van der Waals surface area contributed by atoms with Crippen molar-refractivity contribution in [2.75, 3.05) is 18.2 Å². The van der Waals surface area contributed by atoms with Gasteiger partial charge in [-0.1, -0.05) is 26.2 Å². The number of nitrogens with zero attached hydrogens (tertiary/aromatic N) is 1. The monoisotopic (exact) mass is 253 g/mol. The second-order valence-electron chi connectivity index (χ2n) is 4.00. The Balaban J connectivity index is 2.68. The third kappa shape index (κ3) is 3.61. The molecule has 15 heavy (non-hydrogen) atoms. The van der Waals surface area contributed by atoms with Crippen LogP contribution in [0.3, 0.4) is 0 Å². The van der Waals surface area contributed by atoms with Crippen LogP contribution < -0.4 is 0 Å². The minimum Gasteiger partial charge on any atom is -0.212 e. The molecule has 0 aromatic rings. The van der Waals surface area contributed by atoms with Crippen LogP contribution in [0.5, 0.6) is 0 Å². The van der Waals surface area contributed by atoms with Crippen molar-refractivity contribution in [1.29, 1.82) is 0 Å². The normalized spacial score (nSPS) is 19.7. The van der Waals surface area contributed by atoms with Crippen molar-refractivity contribution in [3.05, 3.63) is 0 Å². The SMILES string of the molecule is CCN(C1CCCCC1)S(=O)(=O)CCCl. The molecule has 1 fully saturated rings. The topological polar surface area (TPSA) is 37.4 Å². The molecule has 0 atom stereocenters. The lowest BCUT2D eigenvalue weighted by molar-refractivity contribution is 0.261. The van der Waals surface area contributed by atoms with Gasteiger partial charge in [0.2, 0.25) is 10.0 Å². The van der Waals surface area contributed by atoms with Gasteiger partial charge in [-0.05, 0) is 12.8 Å². The minimum atomic E-state index is -3.12. The molecule has 1 saturated carbocycles. The van der Waals surface area contributed by atoms with Gasteiger partial charge < -0.3 is 0 Å². The zero-order valence-electron chi connectivity index (χ0n) is 9.28. The summed E-state index contributed by atoms with van der Waals surface area (Å²) >= 11 is 5.52. The summed E-state index contributed by atoms with van der Waals surface area (Å²) in [7, 11) is -3.12. The van der Waals surface area contributed by atoms with Gasteiger partial charge in [-0.15, -0.1) is 11.6 Å². The van der Waals surface area contributed by atoms with Gasteiger partial charge in [-0.25, -0.2) is 8.42 Å². The number of halogens is 1. The molecule has 90 valence electrons. The van der Waals surface area contributed by atoms with Crippen LogP contribution in [0.1, 0.15) is 39.0 Å². The highest BCUT2D eigenvalue weighted by atomic mass is 35.5. The Morgan fingerprint density at radius 3 is 2.33 bits per heavy atom. The molecule has 0 N–H and O–H groups in total. The van der Waals surface area contributed by atoms with E-state index in [2.05, 4.69) is 0 Å². The molecule has 0 aromatic heterocycles. The lowest BCUT2D eigenvalue weighted by atomic mass is 9.95. The Morgan fingerprint density at radius 1 is 1.27 bits per heavy atom. The molecule has 0 amide bonds. The molecular formula is C10H20ClNO2S. The summed E-state index contributed by atoms with van der Waals surface area (Å²) in [6.07, 6.45) is 5.56. The number of alkyl halides is 1. The second-order valence-corrected chi connectivity index (χ2v) is 6.42. The Morgan fingerprint density at radius 2 is 1.87 bits per heavy atom. The van der Waals surface area contributed by atoms with Crippen LogP contribution in [0.2, 0.25) is 0 Å². The molecule has 0 spiro atoms. The molecular weight excluding hydrogens is 234 g/mol. The van der Waals surface area contributed by atoms with Gasteiger partial charge in [0.15, 0.2) is 0 Å². The molecule has 0 bridgehead atoms. The molecule has 0 aliphatic heterocycles. The van der Waals surface area contributed by atoms with E-state index < -0.39 is 10.0 Å². The van der Waals surface area contributed by atoms with Crippen molar-refractivity contribution >= 4 is 21.6 Å². The van der Waals surface area contributed by atoms with Crippen molar-refractivity contribution in [2.24, 2.45) is 0 Å². The van der Waals surface area contributed by atoms with Gasteiger partial charge in [0.05, 0.1) is 5.75 Å². The highest BCUT2D eigenvalue weighted by molar-refractivity contribution is 7.89. The van der Waals surface area contributed by atoms with E-state index in [4.69, 9.17) is 11.6 Å². The van der Waals surface area contributed by atoms with Crippen LogP contribution in [-0.4, -0.2) is 36.9 Å². The fourth-order valence-electron chi connectivity index (χ4n) is 2.27. The quantitative estimate of drug-likeness (QED) is 0.705. The zero-order chi connectivity index (χ0) is 11.3. The van der Waals surface area contributed by atoms with E-state index in [0.717, 1.165) is 25.7 Å². The number of hydrogen-bond donors (Lipinski definition) is 0. The van der Waals surface area contributed by atoms with Gasteiger partial charge in [0.1, 0.15) is 0 Å². The first-order chi connectivity index (χ1) is 7.11. The third-order valence-corrected chi connectivity index (χ3v) is 5.39. The molecule has 0 radical (unpaired) electrons. The maximum Gasteiger partial charge on any atom is 0.215 e. The zero-order valence-corrected chi connectivity index (χ0v) is 10.9. The largest absolute Gasteiger partial charge is 0.215 e. The molecule has 0 heterocycles. The van der Waals surface area contributed by atoms with Crippen LogP contribution in [0.15, 0.2) is 0 Å². The van der Waals surface area contributed by atoms with Crippen molar-refractivity contribution < 1.29 is 8.42 Å². The van der Waals surface area contributed by atoms with E-state index >= 15 is 0 Å². The van der Waals surface area contributed by atoms with E-state index in [1.54, 1.807) is 4.31 Å². The van der Waals surface area contributed by atoms with Crippen molar-refractivity contribution in [1.82, 2.24) is 4.31 Å². The fourth-order valence-corrected chi connectivity index (χ4v) is 4.34. The van der Waals surface area contributed by atoms with Gasteiger partial charge >= 0.3 is 0 Å². The molecule has 3 nitrogen and oxygen atoms in total. The van der Waals surface area contributed by atoms with E-state index in [1.807, 2.05) is 6.92 Å². The lowest BCUT2D eigenvalue weighted by Crippen LogP contribution is -2.42. The molecule has 0 aromatic carbocycles. The van der Waals surface area contributed by atoms with Gasteiger partial charge in [-0.2, -0.15) is 4.31 Å². The first-order valence-electron chi connectivity index (χ1n) is 5.67. The standard InChI is InChI=1S/C10H20ClNO2S/c1-2-12(15(13,14)9-8-11)10-6-4-3-5-7-10/h10H,2-9H2,1H3. The van der Waals surface area contributed by atoms with Crippen LogP contribution in [0.25, 0.3) is 0 Å². The fraction of sp³-hybridized carbons (Fsp3) is 1.00. The van der Waals surface area contributed by atoms with Crippen molar-refractivity contribution in [3.63, 3.8) is 0 Å². The van der Waals surface area contributed by atoms with Crippen molar-refractivity contribution in [3.8, 4) is 0 Å². The van der Waals surface area contributed by atoms with E-state index in [-0.39, 0.29) is 17.7 Å². The summed E-state index contributed by atoms with van der Waals surface area (Å²) in [4.78, 5) is 0. The van der Waals surface area contributed by atoms with Gasteiger partial charge in [0.25, 0.3) is 0 Å². The first kappa shape index (κ1) is 13.3. The summed E-state index contributed by atoms with van der Waals surface area (Å²) in [6.45, 7) is 2.48. The average molecular weight is 254 g/mol. The summed E-state index contributed by atoms with van der Waals surface area (Å²) in [5, 5.41) is 0. The molecule has 5 heteroatoms. The second kappa shape index (κ2) is 6.06. The number of sulfonamides is 1. The van der Waals surface area contributed by atoms with Gasteiger partial charge in [-0.3, -0.25) is 0 Å². The third-order valence-electron chi connectivity index (χ3n) is 2.99. The van der Waals surface area contributed by atoms with Crippen LogP contribution in [-0.2, 0) is 10.0 Å². The van der Waals surface area contributed by atoms with Crippen LogP contribution >= 0.6 is 11.6 Å². The predicted octanol–water partition coefficient (Wildman–Crippen LogP) is 2.21. The van der Waals surface area contributed by atoms with Crippen LogP contribution in [0.4, 0.5) is 0 Å². The highest BCUT2D eigenvalue weighted by Gasteiger charge is 2.28. The maximum absolute atomic E-state index is 11.9. The molecule has 1 aliphatic carbocycles. The molecule has 1 rings (SSSR count). The van der Waals surface area contributed by atoms with Crippen LogP contribution in [0, 0.1) is 0 Å². The molecule has 0 saturated heterocycles. The Hall–Kier alpha value is 0.200. The lowest BCUT2D eigenvalue weighted by Gasteiger charge is -2.32. The first-order valence-corrected chi connectivity index (χ1v) is 7.81. The summed E-state index contributed by atoms with van der Waals surface area (Å²) in [6, 6.07) is 0.219. The average Bonchev–Trinajstić information content (AvgIpc) is 2.19. The minimum absolute atomic E-state index is 0.0683. The summed E-state index contributed by atoms with van der Waals surface area (Å²) in [5.74, 6) is 0.254. The predicted molar refractivity (Wildman–Crippen MR) is 63.8 cm³/mol. The highest BCUT2D eigenvalue weighted by Crippen LogP contribution is 2.24. The smallest absolute Gasteiger partial charge is 0.212 e. The van der Waals surface area contributed by atoms with E-state index in [0.29, 0.717) is 6.54 Å². The number of rotatable bonds is 5. The summed E-state index contributed by atoms with van der Waals surface area (Å²) < 4.78 is 25.5. The van der Waals surface area contributed by atoms with Crippen molar-refractivity contribution in [2.45, 2.75) is 45.1 Å². The van der Waals surface area contributed by atoms with E-state index in [1.165, 1.54) is 6.42 Å². The number of hydrogen-bond acceptors (Lipinski definition) is 2. The van der Waals surface area contributed by atoms with Gasteiger partial charge in [0, 0.05) is 18.5 Å². The molecule has 1 aliphatic rings. The maximum atomic E-state index is 11.9.